The number of halogens is 4. The highest BCUT2D eigenvalue weighted by atomic mass is 19.4. The SMILES string of the molecule is Fc1ccc(C2CC2)cc1-c1cc(C(F)(F)F)c(N[C@H]2C[C@@H]3CN(CC4CCOCC4)C[C@@H]3C2)nn1. The first kappa shape index (κ1) is 24.1. The lowest BCUT2D eigenvalue weighted by atomic mass is 10.00. The molecule has 0 unspecified atom stereocenters. The number of rotatable bonds is 6. The van der Waals surface area contributed by atoms with E-state index in [9.17, 15) is 17.6 Å². The van der Waals surface area contributed by atoms with Crippen molar-refractivity contribution in [2.75, 3.05) is 38.2 Å². The molecular formula is C27H32F4N4O. The first-order chi connectivity index (χ1) is 17.3. The van der Waals surface area contributed by atoms with Gasteiger partial charge in [-0.2, -0.15) is 13.2 Å². The Morgan fingerprint density at radius 2 is 1.69 bits per heavy atom. The number of benzene rings is 1. The molecule has 0 amide bonds. The molecule has 0 radical (unpaired) electrons. The van der Waals surface area contributed by atoms with E-state index in [0.29, 0.717) is 23.7 Å². The van der Waals surface area contributed by atoms with Gasteiger partial charge in [-0.3, -0.25) is 0 Å². The van der Waals surface area contributed by atoms with Gasteiger partial charge in [-0.15, -0.1) is 10.2 Å². The summed E-state index contributed by atoms with van der Waals surface area (Å²) in [7, 11) is 0. The van der Waals surface area contributed by atoms with Crippen molar-refractivity contribution in [3.8, 4) is 11.3 Å². The Labute approximate surface area is 208 Å². The lowest BCUT2D eigenvalue weighted by Crippen LogP contribution is -2.32. The molecule has 3 atom stereocenters. The van der Waals surface area contributed by atoms with Crippen LogP contribution in [0.3, 0.4) is 0 Å². The van der Waals surface area contributed by atoms with Crippen molar-refractivity contribution >= 4 is 5.82 Å². The summed E-state index contributed by atoms with van der Waals surface area (Å²) >= 11 is 0. The van der Waals surface area contributed by atoms with Crippen LogP contribution in [0.15, 0.2) is 24.3 Å². The fourth-order valence-electron chi connectivity index (χ4n) is 6.41. The van der Waals surface area contributed by atoms with E-state index in [-0.39, 0.29) is 23.1 Å². The van der Waals surface area contributed by atoms with Crippen molar-refractivity contribution in [3.63, 3.8) is 0 Å². The number of nitrogens with one attached hydrogen (secondary N) is 1. The van der Waals surface area contributed by atoms with E-state index < -0.39 is 17.6 Å². The van der Waals surface area contributed by atoms with E-state index in [1.54, 1.807) is 12.1 Å². The summed E-state index contributed by atoms with van der Waals surface area (Å²) < 4.78 is 62.1. The van der Waals surface area contributed by atoms with Gasteiger partial charge in [-0.25, -0.2) is 4.39 Å². The Hall–Kier alpha value is -2.26. The molecule has 6 rings (SSSR count). The summed E-state index contributed by atoms with van der Waals surface area (Å²) in [5.41, 5.74) is 0.0399. The van der Waals surface area contributed by atoms with Gasteiger partial charge in [0.15, 0.2) is 5.82 Å². The smallest absolute Gasteiger partial charge is 0.381 e. The predicted molar refractivity (Wildman–Crippen MR) is 128 cm³/mol. The molecule has 1 aromatic heterocycles. The maximum Gasteiger partial charge on any atom is 0.420 e. The van der Waals surface area contributed by atoms with Gasteiger partial charge in [0.1, 0.15) is 11.4 Å². The van der Waals surface area contributed by atoms with Crippen LogP contribution in [0.25, 0.3) is 11.3 Å². The quantitative estimate of drug-likeness (QED) is 0.510. The number of fused-ring (bicyclic) bond motifs is 1. The van der Waals surface area contributed by atoms with Crippen LogP contribution in [0.5, 0.6) is 0 Å². The van der Waals surface area contributed by atoms with Gasteiger partial charge in [0, 0.05) is 44.5 Å². The zero-order valence-electron chi connectivity index (χ0n) is 20.2. The van der Waals surface area contributed by atoms with Crippen molar-refractivity contribution in [3.05, 3.63) is 41.2 Å². The maximum atomic E-state index is 14.5. The number of aromatic nitrogens is 2. The van der Waals surface area contributed by atoms with Crippen LogP contribution in [0.2, 0.25) is 0 Å². The molecule has 2 aliphatic carbocycles. The zero-order chi connectivity index (χ0) is 24.9. The summed E-state index contributed by atoms with van der Waals surface area (Å²) in [6.45, 7) is 4.80. The first-order valence-corrected chi connectivity index (χ1v) is 13.1. The van der Waals surface area contributed by atoms with Crippen LogP contribution >= 0.6 is 0 Å². The van der Waals surface area contributed by atoms with Gasteiger partial charge in [0.25, 0.3) is 0 Å². The van der Waals surface area contributed by atoms with Crippen LogP contribution in [0.1, 0.15) is 55.6 Å². The van der Waals surface area contributed by atoms with E-state index in [1.165, 1.54) is 6.07 Å². The third-order valence-electron chi connectivity index (χ3n) is 8.44. The number of anilines is 1. The predicted octanol–water partition coefficient (Wildman–Crippen LogP) is 5.73. The number of alkyl halides is 3. The highest BCUT2D eigenvalue weighted by molar-refractivity contribution is 5.64. The largest absolute Gasteiger partial charge is 0.420 e. The molecule has 2 aliphatic heterocycles. The van der Waals surface area contributed by atoms with Gasteiger partial charge >= 0.3 is 6.18 Å². The van der Waals surface area contributed by atoms with Gasteiger partial charge in [0.05, 0.1) is 5.69 Å². The summed E-state index contributed by atoms with van der Waals surface area (Å²) in [5.74, 6) is 1.18. The maximum absolute atomic E-state index is 14.5. The van der Waals surface area contributed by atoms with Gasteiger partial charge < -0.3 is 15.0 Å². The van der Waals surface area contributed by atoms with Crippen LogP contribution in [-0.2, 0) is 10.9 Å². The van der Waals surface area contributed by atoms with Crippen molar-refractivity contribution in [2.45, 2.75) is 56.7 Å². The molecule has 9 heteroatoms. The molecule has 2 saturated carbocycles. The van der Waals surface area contributed by atoms with E-state index in [1.807, 2.05) is 0 Å². The number of likely N-dealkylation sites (tertiary alicyclic amines) is 1. The fraction of sp³-hybridized carbons (Fsp3) is 0.630. The van der Waals surface area contributed by atoms with Crippen molar-refractivity contribution < 1.29 is 22.3 Å². The second kappa shape index (κ2) is 9.56. The summed E-state index contributed by atoms with van der Waals surface area (Å²) in [5, 5.41) is 11.0. The number of hydrogen-bond acceptors (Lipinski definition) is 5. The molecule has 4 fully saturated rings. The van der Waals surface area contributed by atoms with Gasteiger partial charge in [0.2, 0.25) is 0 Å². The minimum absolute atomic E-state index is 0.0681. The Balaban J connectivity index is 1.14. The molecule has 1 aromatic carbocycles. The van der Waals surface area contributed by atoms with E-state index in [4.69, 9.17) is 4.74 Å². The minimum atomic E-state index is -4.62. The summed E-state index contributed by atoms with van der Waals surface area (Å²) in [6, 6.07) is 5.50. The fourth-order valence-corrected chi connectivity index (χ4v) is 6.41. The molecule has 4 aliphatic rings. The second-order valence-electron chi connectivity index (χ2n) is 11.1. The van der Waals surface area contributed by atoms with Crippen LogP contribution in [-0.4, -0.2) is 54.0 Å². The normalized spacial score (nSPS) is 27.4. The highest BCUT2D eigenvalue weighted by Gasteiger charge is 2.43. The average Bonchev–Trinajstić information content (AvgIpc) is 3.54. The molecule has 5 nitrogen and oxygen atoms in total. The molecule has 36 heavy (non-hydrogen) atoms. The van der Waals surface area contributed by atoms with Crippen LogP contribution in [0, 0.1) is 23.6 Å². The molecule has 3 heterocycles. The Morgan fingerprint density at radius 1 is 0.972 bits per heavy atom. The second-order valence-corrected chi connectivity index (χ2v) is 11.1. The molecular weight excluding hydrogens is 472 g/mol. The molecule has 0 bridgehead atoms. The van der Waals surface area contributed by atoms with Crippen molar-refractivity contribution in [2.24, 2.45) is 17.8 Å². The lowest BCUT2D eigenvalue weighted by molar-refractivity contribution is -0.137. The lowest BCUT2D eigenvalue weighted by Gasteiger charge is -2.28. The summed E-state index contributed by atoms with van der Waals surface area (Å²) in [4.78, 5) is 2.53. The molecule has 2 saturated heterocycles. The van der Waals surface area contributed by atoms with E-state index >= 15 is 0 Å². The number of ether oxygens (including phenoxy) is 1. The molecule has 194 valence electrons. The number of hydrogen-bond donors (Lipinski definition) is 1. The average molecular weight is 505 g/mol. The van der Waals surface area contributed by atoms with Crippen molar-refractivity contribution in [1.82, 2.24) is 15.1 Å². The minimum Gasteiger partial charge on any atom is -0.381 e. The summed E-state index contributed by atoms with van der Waals surface area (Å²) in [6.07, 6.45) is 1.29. The van der Waals surface area contributed by atoms with Gasteiger partial charge in [-0.05, 0) is 86.0 Å². The Morgan fingerprint density at radius 3 is 2.36 bits per heavy atom. The first-order valence-electron chi connectivity index (χ1n) is 13.1. The topological polar surface area (TPSA) is 50.3 Å². The monoisotopic (exact) mass is 504 g/mol. The van der Waals surface area contributed by atoms with Crippen LogP contribution in [0.4, 0.5) is 23.4 Å². The molecule has 0 spiro atoms. The van der Waals surface area contributed by atoms with Crippen LogP contribution < -0.4 is 5.32 Å². The van der Waals surface area contributed by atoms with E-state index in [2.05, 4.69) is 20.4 Å². The molecule has 2 aromatic rings. The third-order valence-corrected chi connectivity index (χ3v) is 8.44. The van der Waals surface area contributed by atoms with E-state index in [0.717, 1.165) is 83.0 Å². The molecule has 1 N–H and O–H groups in total. The Bertz CT molecular complexity index is 1090. The number of nitrogens with zero attached hydrogens (tertiary/aromatic N) is 3. The highest BCUT2D eigenvalue weighted by Crippen LogP contribution is 2.43. The standard InChI is InChI=1S/C27H32F4N4O/c28-24-4-3-18(17-1-2-17)11-22(24)25-12-23(27(29,30)31)26(34-33-25)32-21-9-19-14-35(15-20(19)10-21)13-16-5-7-36-8-6-16/h3-4,11-12,16-17,19-21H,1-2,5-10,13-15H2,(H,32,34)/t19-,20+,21+. The van der Waals surface area contributed by atoms with Gasteiger partial charge in [-0.1, -0.05) is 6.07 Å². The van der Waals surface area contributed by atoms with Crippen molar-refractivity contribution in [1.29, 1.82) is 0 Å². The third kappa shape index (κ3) is 5.09. The Kier molecular flexibility index (Phi) is 6.40. The zero-order valence-corrected chi connectivity index (χ0v) is 20.2.